The lowest BCUT2D eigenvalue weighted by Gasteiger charge is -2.11. The molecule has 1 N–H and O–H groups in total. The van der Waals surface area contributed by atoms with Crippen LogP contribution in [0.2, 0.25) is 0 Å². The molecule has 0 atom stereocenters. The monoisotopic (exact) mass is 392 g/mol. The van der Waals surface area contributed by atoms with E-state index in [9.17, 15) is 8.78 Å². The van der Waals surface area contributed by atoms with Gasteiger partial charge in [0.25, 0.3) is 0 Å². The first kappa shape index (κ1) is 18.4. The molecule has 0 aliphatic heterocycles. The van der Waals surface area contributed by atoms with Gasteiger partial charge in [0.15, 0.2) is 5.82 Å². The maximum Gasteiger partial charge on any atom is 0.247 e. The van der Waals surface area contributed by atoms with E-state index in [0.29, 0.717) is 11.6 Å². The minimum atomic E-state index is -0.610. The van der Waals surface area contributed by atoms with Crippen molar-refractivity contribution in [2.75, 3.05) is 12.4 Å². The van der Waals surface area contributed by atoms with Gasteiger partial charge in [0, 0.05) is 23.4 Å². The number of nitrogens with zero attached hydrogens (tertiary/aromatic N) is 5. The molecular formula is C20H14F2N6O. The minimum absolute atomic E-state index is 0.105. The molecule has 4 rings (SSSR count). The zero-order chi connectivity index (χ0) is 20.2. The van der Waals surface area contributed by atoms with Crippen molar-refractivity contribution in [3.8, 4) is 28.4 Å². The fourth-order valence-electron chi connectivity index (χ4n) is 2.67. The van der Waals surface area contributed by atoms with Gasteiger partial charge < -0.3 is 10.1 Å². The molecule has 0 radical (unpaired) electrons. The second-order valence-electron chi connectivity index (χ2n) is 5.88. The first-order valence-electron chi connectivity index (χ1n) is 8.52. The van der Waals surface area contributed by atoms with Crippen molar-refractivity contribution in [3.63, 3.8) is 0 Å². The van der Waals surface area contributed by atoms with Crippen LogP contribution in [0.5, 0.6) is 5.88 Å². The fourth-order valence-corrected chi connectivity index (χ4v) is 2.67. The highest BCUT2D eigenvalue weighted by atomic mass is 19.1. The number of ether oxygens (including phenoxy) is 1. The molecule has 1 aromatic carbocycles. The van der Waals surface area contributed by atoms with Gasteiger partial charge in [-0.25, -0.2) is 18.7 Å². The number of anilines is 2. The summed E-state index contributed by atoms with van der Waals surface area (Å²) in [5, 5.41) is 11.1. The predicted octanol–water partition coefficient (Wildman–Crippen LogP) is 4.03. The lowest BCUT2D eigenvalue weighted by molar-refractivity contribution is 0.398. The Morgan fingerprint density at radius 3 is 2.41 bits per heavy atom. The molecule has 0 aliphatic rings. The van der Waals surface area contributed by atoms with Gasteiger partial charge in [-0.1, -0.05) is 12.1 Å². The summed E-state index contributed by atoms with van der Waals surface area (Å²) in [6.45, 7) is 0. The van der Waals surface area contributed by atoms with E-state index < -0.39 is 11.6 Å². The maximum atomic E-state index is 14.5. The van der Waals surface area contributed by atoms with Crippen LogP contribution in [0.3, 0.4) is 0 Å². The molecule has 0 unspecified atom stereocenters. The van der Waals surface area contributed by atoms with Gasteiger partial charge in [-0.3, -0.25) is 4.98 Å². The standard InChI is InChI=1S/C20H14F2N6O/c1-29-17-7-6-12(10-24-17)25-20-26-18(13-4-2-3-5-15(13)21)19(27-28-20)14-8-9-23-11-16(14)22/h2-11H,1H3,(H,25,26,28). The number of benzene rings is 1. The maximum absolute atomic E-state index is 14.5. The molecule has 7 nitrogen and oxygen atoms in total. The Morgan fingerprint density at radius 1 is 0.862 bits per heavy atom. The van der Waals surface area contributed by atoms with Crippen LogP contribution >= 0.6 is 0 Å². The topological polar surface area (TPSA) is 85.7 Å². The van der Waals surface area contributed by atoms with E-state index in [2.05, 4.69) is 30.5 Å². The lowest BCUT2D eigenvalue weighted by atomic mass is 10.0. The molecule has 3 aromatic heterocycles. The average molecular weight is 392 g/mol. The van der Waals surface area contributed by atoms with Crippen molar-refractivity contribution in [3.05, 3.63) is 72.7 Å². The molecule has 29 heavy (non-hydrogen) atoms. The van der Waals surface area contributed by atoms with Gasteiger partial charge in [0.2, 0.25) is 11.8 Å². The molecule has 0 saturated carbocycles. The van der Waals surface area contributed by atoms with Crippen molar-refractivity contribution < 1.29 is 13.5 Å². The van der Waals surface area contributed by atoms with Crippen LogP contribution in [0.1, 0.15) is 0 Å². The number of hydrogen-bond acceptors (Lipinski definition) is 7. The van der Waals surface area contributed by atoms with Crippen molar-refractivity contribution in [1.82, 2.24) is 25.1 Å². The van der Waals surface area contributed by atoms with Crippen molar-refractivity contribution in [2.45, 2.75) is 0 Å². The third kappa shape index (κ3) is 3.84. The summed E-state index contributed by atoms with van der Waals surface area (Å²) < 4.78 is 33.8. The molecule has 144 valence electrons. The third-order valence-corrected chi connectivity index (χ3v) is 4.04. The zero-order valence-electron chi connectivity index (χ0n) is 15.2. The molecule has 9 heteroatoms. The fraction of sp³-hybridized carbons (Fsp3) is 0.0500. The Hall–Kier alpha value is -4.01. The first-order valence-corrected chi connectivity index (χ1v) is 8.52. The number of aromatic nitrogens is 5. The molecule has 0 aliphatic carbocycles. The number of methoxy groups -OCH3 is 1. The normalized spacial score (nSPS) is 10.6. The number of pyridine rings is 2. The Bertz CT molecular complexity index is 1150. The molecule has 0 amide bonds. The van der Waals surface area contributed by atoms with E-state index in [-0.39, 0.29) is 28.5 Å². The highest BCUT2D eigenvalue weighted by Gasteiger charge is 2.19. The molecule has 0 spiro atoms. The van der Waals surface area contributed by atoms with Crippen LogP contribution in [0.4, 0.5) is 20.4 Å². The highest BCUT2D eigenvalue weighted by Crippen LogP contribution is 2.32. The van der Waals surface area contributed by atoms with Gasteiger partial charge >= 0.3 is 0 Å². The predicted molar refractivity (Wildman–Crippen MR) is 102 cm³/mol. The molecular weight excluding hydrogens is 378 g/mol. The van der Waals surface area contributed by atoms with Gasteiger partial charge in [-0.05, 0) is 24.3 Å². The summed E-state index contributed by atoms with van der Waals surface area (Å²) in [6.07, 6.45) is 4.00. The molecule has 3 heterocycles. The van der Waals surface area contributed by atoms with Gasteiger partial charge in [-0.2, -0.15) is 0 Å². The summed E-state index contributed by atoms with van der Waals surface area (Å²) in [5.41, 5.74) is 1.12. The van der Waals surface area contributed by atoms with E-state index in [1.54, 1.807) is 30.3 Å². The molecule has 4 aromatic rings. The second-order valence-corrected chi connectivity index (χ2v) is 5.88. The Labute approximate surface area is 164 Å². The quantitative estimate of drug-likeness (QED) is 0.549. The SMILES string of the molecule is COc1ccc(Nc2nnc(-c3ccncc3F)c(-c3ccccc3F)n2)cn1. The van der Waals surface area contributed by atoms with Crippen molar-refractivity contribution >= 4 is 11.6 Å². The third-order valence-electron chi connectivity index (χ3n) is 4.04. The Balaban J connectivity index is 1.81. The minimum Gasteiger partial charge on any atom is -0.481 e. The van der Waals surface area contributed by atoms with E-state index >= 15 is 0 Å². The van der Waals surface area contributed by atoms with Crippen LogP contribution in [0.25, 0.3) is 22.5 Å². The average Bonchev–Trinajstić information content (AvgIpc) is 2.75. The van der Waals surface area contributed by atoms with Gasteiger partial charge in [0.05, 0.1) is 25.2 Å². The van der Waals surface area contributed by atoms with Crippen LogP contribution in [0.15, 0.2) is 61.1 Å². The van der Waals surface area contributed by atoms with Gasteiger partial charge in [-0.15, -0.1) is 10.2 Å². The van der Waals surface area contributed by atoms with Crippen molar-refractivity contribution in [1.29, 1.82) is 0 Å². The summed E-state index contributed by atoms with van der Waals surface area (Å²) in [6, 6.07) is 10.9. The number of rotatable bonds is 5. The van der Waals surface area contributed by atoms with Crippen molar-refractivity contribution in [2.24, 2.45) is 0 Å². The molecule has 0 saturated heterocycles. The Kier molecular flexibility index (Phi) is 5.02. The number of halogens is 2. The zero-order valence-corrected chi connectivity index (χ0v) is 15.2. The lowest BCUT2D eigenvalue weighted by Crippen LogP contribution is -2.05. The van der Waals surface area contributed by atoms with Crippen LogP contribution in [-0.2, 0) is 0 Å². The molecule has 0 fully saturated rings. The Morgan fingerprint density at radius 2 is 1.69 bits per heavy atom. The second kappa shape index (κ2) is 7.93. The van der Waals surface area contributed by atoms with E-state index in [1.165, 1.54) is 31.6 Å². The van der Waals surface area contributed by atoms with Crippen LogP contribution < -0.4 is 10.1 Å². The summed E-state index contributed by atoms with van der Waals surface area (Å²) in [5.74, 6) is -0.569. The van der Waals surface area contributed by atoms with E-state index in [1.807, 2.05) is 0 Å². The van der Waals surface area contributed by atoms with E-state index in [4.69, 9.17) is 4.74 Å². The number of nitrogens with one attached hydrogen (secondary N) is 1. The first-order chi connectivity index (χ1) is 14.2. The number of hydrogen-bond donors (Lipinski definition) is 1. The largest absolute Gasteiger partial charge is 0.481 e. The highest BCUT2D eigenvalue weighted by molar-refractivity contribution is 5.78. The van der Waals surface area contributed by atoms with E-state index in [0.717, 1.165) is 6.20 Å². The van der Waals surface area contributed by atoms with Crippen LogP contribution in [0, 0.1) is 11.6 Å². The summed E-state index contributed by atoms with van der Waals surface area (Å²) in [4.78, 5) is 12.2. The molecule has 0 bridgehead atoms. The smallest absolute Gasteiger partial charge is 0.247 e. The summed E-state index contributed by atoms with van der Waals surface area (Å²) >= 11 is 0. The van der Waals surface area contributed by atoms with Gasteiger partial charge in [0.1, 0.15) is 17.2 Å². The summed E-state index contributed by atoms with van der Waals surface area (Å²) in [7, 11) is 1.51. The van der Waals surface area contributed by atoms with Crippen LogP contribution in [-0.4, -0.2) is 32.3 Å².